The Bertz CT molecular complexity index is 564. The van der Waals surface area contributed by atoms with Gasteiger partial charge in [-0.3, -0.25) is 4.57 Å². The molecule has 15 heavy (non-hydrogen) atoms. The summed E-state index contributed by atoms with van der Waals surface area (Å²) >= 11 is 0. The molecule has 0 spiro atoms. The van der Waals surface area contributed by atoms with E-state index in [1.54, 1.807) is 4.57 Å². The van der Waals surface area contributed by atoms with E-state index in [-0.39, 0.29) is 5.69 Å². The Kier molecular flexibility index (Phi) is 1.70. The second-order valence-corrected chi connectivity index (χ2v) is 3.91. The van der Waals surface area contributed by atoms with Crippen molar-refractivity contribution in [3.63, 3.8) is 0 Å². The van der Waals surface area contributed by atoms with Gasteiger partial charge < -0.3 is 10.7 Å². The van der Waals surface area contributed by atoms with Gasteiger partial charge in [-0.25, -0.2) is 9.78 Å². The molecule has 0 aliphatic heterocycles. The number of nitrogens with zero attached hydrogens (tertiary/aromatic N) is 2. The van der Waals surface area contributed by atoms with Crippen LogP contribution in [0.2, 0.25) is 0 Å². The molecule has 2 aromatic heterocycles. The van der Waals surface area contributed by atoms with E-state index >= 15 is 0 Å². The van der Waals surface area contributed by atoms with Crippen molar-refractivity contribution in [1.29, 1.82) is 0 Å². The molecule has 1 aliphatic rings. The van der Waals surface area contributed by atoms with Gasteiger partial charge in [-0.1, -0.05) is 0 Å². The van der Waals surface area contributed by atoms with E-state index in [1.807, 2.05) is 12.1 Å². The lowest BCUT2D eigenvalue weighted by Gasteiger charge is -2.00. The van der Waals surface area contributed by atoms with Gasteiger partial charge in [0.2, 0.25) is 0 Å². The molecule has 1 aliphatic carbocycles. The lowest BCUT2D eigenvalue weighted by atomic mass is 10.3. The number of imidazole rings is 1. The van der Waals surface area contributed by atoms with Gasteiger partial charge >= 0.3 is 5.69 Å². The quantitative estimate of drug-likeness (QED) is 0.748. The van der Waals surface area contributed by atoms with Crippen molar-refractivity contribution in [2.75, 3.05) is 0 Å². The first-order chi connectivity index (χ1) is 7.29. The van der Waals surface area contributed by atoms with E-state index in [2.05, 4.69) is 9.97 Å². The third-order valence-electron chi connectivity index (χ3n) is 2.74. The third kappa shape index (κ3) is 1.27. The van der Waals surface area contributed by atoms with Crippen molar-refractivity contribution >= 4 is 11.2 Å². The second-order valence-electron chi connectivity index (χ2n) is 3.91. The van der Waals surface area contributed by atoms with E-state index in [0.717, 1.165) is 29.7 Å². The molecule has 0 bridgehead atoms. The number of H-pyrrole nitrogens is 1. The first-order valence-electron chi connectivity index (χ1n) is 5.10. The molecule has 2 heterocycles. The highest BCUT2D eigenvalue weighted by atomic mass is 16.1. The number of rotatable bonds is 2. The van der Waals surface area contributed by atoms with Crippen LogP contribution in [0.4, 0.5) is 0 Å². The first-order valence-corrected chi connectivity index (χ1v) is 5.10. The van der Waals surface area contributed by atoms with Crippen LogP contribution in [-0.4, -0.2) is 14.5 Å². The summed E-state index contributed by atoms with van der Waals surface area (Å²) in [5.74, 6) is 0. The van der Waals surface area contributed by atoms with Crippen molar-refractivity contribution in [1.82, 2.24) is 14.5 Å². The first kappa shape index (κ1) is 8.67. The monoisotopic (exact) mass is 204 g/mol. The molecule has 0 atom stereocenters. The summed E-state index contributed by atoms with van der Waals surface area (Å²) in [6.45, 7) is 0.403. The van der Waals surface area contributed by atoms with Gasteiger partial charge in [-0.15, -0.1) is 0 Å². The van der Waals surface area contributed by atoms with Crippen LogP contribution in [0, 0.1) is 0 Å². The van der Waals surface area contributed by atoms with Crippen LogP contribution in [0.1, 0.15) is 24.6 Å². The van der Waals surface area contributed by atoms with E-state index in [1.165, 1.54) is 0 Å². The lowest BCUT2D eigenvalue weighted by Crippen LogP contribution is -2.15. The van der Waals surface area contributed by atoms with Crippen molar-refractivity contribution in [3.8, 4) is 0 Å². The Morgan fingerprint density at radius 3 is 3.00 bits per heavy atom. The summed E-state index contributed by atoms with van der Waals surface area (Å²) in [4.78, 5) is 18.8. The number of aromatic amines is 1. The average molecular weight is 204 g/mol. The Morgan fingerprint density at radius 2 is 2.33 bits per heavy atom. The van der Waals surface area contributed by atoms with Crippen LogP contribution < -0.4 is 11.4 Å². The molecule has 0 amide bonds. The number of hydrogen-bond donors (Lipinski definition) is 2. The largest absolute Gasteiger partial charge is 0.327 e. The Balaban J connectivity index is 2.31. The van der Waals surface area contributed by atoms with Gasteiger partial charge in [0.05, 0.1) is 11.2 Å². The fourth-order valence-electron chi connectivity index (χ4n) is 1.83. The van der Waals surface area contributed by atoms with Crippen LogP contribution in [0.5, 0.6) is 0 Å². The van der Waals surface area contributed by atoms with Gasteiger partial charge in [0.15, 0.2) is 5.65 Å². The minimum Gasteiger partial charge on any atom is -0.325 e. The lowest BCUT2D eigenvalue weighted by molar-refractivity contribution is 0.724. The Morgan fingerprint density at radius 1 is 1.53 bits per heavy atom. The predicted octanol–water partition coefficient (Wildman–Crippen LogP) is 0.518. The summed E-state index contributed by atoms with van der Waals surface area (Å²) in [6, 6.07) is 4.05. The van der Waals surface area contributed by atoms with E-state index in [0.29, 0.717) is 12.6 Å². The molecule has 5 nitrogen and oxygen atoms in total. The molecule has 0 aromatic carbocycles. The molecule has 1 fully saturated rings. The molecule has 3 rings (SSSR count). The SMILES string of the molecule is NCc1ccc2[nH]c(=O)n(C3CC3)c2n1. The summed E-state index contributed by atoms with van der Waals surface area (Å²) in [6.07, 6.45) is 2.14. The minimum absolute atomic E-state index is 0.0610. The molecule has 0 unspecified atom stereocenters. The summed E-state index contributed by atoms with van der Waals surface area (Å²) in [7, 11) is 0. The van der Waals surface area contributed by atoms with Crippen LogP contribution >= 0.6 is 0 Å². The maximum Gasteiger partial charge on any atom is 0.327 e. The van der Waals surface area contributed by atoms with Gasteiger partial charge in [-0.2, -0.15) is 0 Å². The number of fused-ring (bicyclic) bond motifs is 1. The second kappa shape index (κ2) is 2.93. The molecule has 78 valence electrons. The van der Waals surface area contributed by atoms with Gasteiger partial charge in [0.25, 0.3) is 0 Å². The number of pyridine rings is 1. The van der Waals surface area contributed by atoms with Crippen LogP contribution in [0.15, 0.2) is 16.9 Å². The van der Waals surface area contributed by atoms with Crippen LogP contribution in [-0.2, 0) is 6.54 Å². The highest BCUT2D eigenvalue weighted by Gasteiger charge is 2.27. The minimum atomic E-state index is -0.0610. The van der Waals surface area contributed by atoms with Gasteiger partial charge in [-0.05, 0) is 25.0 Å². The highest BCUT2D eigenvalue weighted by Crippen LogP contribution is 2.35. The van der Waals surface area contributed by atoms with Crippen molar-refractivity contribution in [2.45, 2.75) is 25.4 Å². The zero-order valence-electron chi connectivity index (χ0n) is 8.23. The summed E-state index contributed by atoms with van der Waals surface area (Å²) < 4.78 is 1.74. The van der Waals surface area contributed by atoms with Crippen LogP contribution in [0.3, 0.4) is 0 Å². The molecule has 1 saturated carbocycles. The maximum atomic E-state index is 11.7. The fraction of sp³-hybridized carbons (Fsp3) is 0.400. The van der Waals surface area contributed by atoms with E-state index in [9.17, 15) is 4.79 Å². The molecule has 5 heteroatoms. The molecule has 2 aromatic rings. The zero-order valence-corrected chi connectivity index (χ0v) is 8.23. The molecule has 0 saturated heterocycles. The highest BCUT2D eigenvalue weighted by molar-refractivity contribution is 5.71. The molecular formula is C10H12N4O. The van der Waals surface area contributed by atoms with Crippen molar-refractivity contribution in [2.24, 2.45) is 5.73 Å². The van der Waals surface area contributed by atoms with Crippen molar-refractivity contribution < 1.29 is 0 Å². The Hall–Kier alpha value is -1.62. The Labute approximate surface area is 85.9 Å². The predicted molar refractivity (Wildman–Crippen MR) is 56.5 cm³/mol. The fourth-order valence-corrected chi connectivity index (χ4v) is 1.83. The molecular weight excluding hydrogens is 192 g/mol. The smallest absolute Gasteiger partial charge is 0.325 e. The van der Waals surface area contributed by atoms with E-state index < -0.39 is 0 Å². The molecule has 3 N–H and O–H groups in total. The molecule has 0 radical (unpaired) electrons. The number of aromatic nitrogens is 3. The standard InChI is InChI=1S/C10H12N4O/c11-5-6-1-4-8-9(12-6)14(7-2-3-7)10(15)13-8/h1,4,7H,2-3,5,11H2,(H,13,15). The summed E-state index contributed by atoms with van der Waals surface area (Å²) in [5.41, 5.74) is 7.82. The average Bonchev–Trinajstić information content (AvgIpc) is 3.00. The van der Waals surface area contributed by atoms with Gasteiger partial charge in [0, 0.05) is 12.6 Å². The normalized spacial score (nSPS) is 16.1. The third-order valence-corrected chi connectivity index (χ3v) is 2.74. The number of nitrogens with one attached hydrogen (secondary N) is 1. The number of hydrogen-bond acceptors (Lipinski definition) is 3. The van der Waals surface area contributed by atoms with Crippen LogP contribution in [0.25, 0.3) is 11.2 Å². The van der Waals surface area contributed by atoms with Crippen molar-refractivity contribution in [3.05, 3.63) is 28.3 Å². The topological polar surface area (TPSA) is 76.7 Å². The summed E-state index contributed by atoms with van der Waals surface area (Å²) in [5, 5.41) is 0. The maximum absolute atomic E-state index is 11.7. The van der Waals surface area contributed by atoms with E-state index in [4.69, 9.17) is 5.73 Å². The van der Waals surface area contributed by atoms with Gasteiger partial charge in [0.1, 0.15) is 0 Å². The zero-order chi connectivity index (χ0) is 10.4. The number of nitrogens with two attached hydrogens (primary N) is 1.